The standard InChI is InChI=1S/C6H11O4P/c1-4(2)6(7)10-5(3)11(8)9/h5,8-9H,1H2,2-3H3. The van der Waals surface area contributed by atoms with Crippen molar-refractivity contribution in [2.45, 2.75) is 19.7 Å². The molecule has 1 unspecified atom stereocenters. The summed E-state index contributed by atoms with van der Waals surface area (Å²) in [6, 6.07) is 0. The average Bonchev–Trinajstić information content (AvgIpc) is 1.87. The van der Waals surface area contributed by atoms with Crippen LogP contribution in [0.3, 0.4) is 0 Å². The van der Waals surface area contributed by atoms with E-state index in [-0.39, 0.29) is 5.57 Å². The van der Waals surface area contributed by atoms with Gasteiger partial charge in [0.15, 0.2) is 5.85 Å². The molecule has 0 rings (SSSR count). The minimum Gasteiger partial charge on any atom is -0.450 e. The highest BCUT2D eigenvalue weighted by Gasteiger charge is 2.16. The number of rotatable bonds is 3. The summed E-state index contributed by atoms with van der Waals surface area (Å²) in [5, 5.41) is 0. The molecule has 0 saturated heterocycles. The van der Waals surface area contributed by atoms with Gasteiger partial charge >= 0.3 is 5.97 Å². The fourth-order valence-corrected chi connectivity index (χ4v) is 0.493. The highest BCUT2D eigenvalue weighted by Crippen LogP contribution is 2.31. The maximum absolute atomic E-state index is 10.7. The molecule has 0 amide bonds. The van der Waals surface area contributed by atoms with Gasteiger partial charge < -0.3 is 14.5 Å². The van der Waals surface area contributed by atoms with Crippen LogP contribution in [0.4, 0.5) is 0 Å². The van der Waals surface area contributed by atoms with Crippen molar-refractivity contribution in [3.63, 3.8) is 0 Å². The van der Waals surface area contributed by atoms with E-state index in [2.05, 4.69) is 11.3 Å². The van der Waals surface area contributed by atoms with Crippen molar-refractivity contribution in [2.24, 2.45) is 0 Å². The normalized spacial score (nSPS) is 12.8. The molecule has 0 aromatic carbocycles. The van der Waals surface area contributed by atoms with Gasteiger partial charge in [0.1, 0.15) is 0 Å². The quantitative estimate of drug-likeness (QED) is 0.380. The van der Waals surface area contributed by atoms with Gasteiger partial charge in [0.05, 0.1) is 0 Å². The lowest BCUT2D eigenvalue weighted by Gasteiger charge is -2.13. The van der Waals surface area contributed by atoms with Crippen molar-refractivity contribution in [1.29, 1.82) is 0 Å². The molecule has 0 fully saturated rings. The predicted octanol–water partition coefficient (Wildman–Crippen LogP) is 0.748. The van der Waals surface area contributed by atoms with Crippen molar-refractivity contribution < 1.29 is 19.3 Å². The molecule has 0 saturated carbocycles. The van der Waals surface area contributed by atoms with Gasteiger partial charge in [0.25, 0.3) is 0 Å². The van der Waals surface area contributed by atoms with E-state index in [0.717, 1.165) is 0 Å². The number of esters is 1. The third kappa shape index (κ3) is 4.09. The molecule has 4 nitrogen and oxygen atoms in total. The molecule has 64 valence electrons. The second-order valence-electron chi connectivity index (χ2n) is 2.11. The van der Waals surface area contributed by atoms with Crippen LogP contribution in [0.5, 0.6) is 0 Å². The molecular weight excluding hydrogens is 167 g/mol. The molecule has 0 aromatic rings. The van der Waals surface area contributed by atoms with Crippen LogP contribution in [0.15, 0.2) is 12.2 Å². The van der Waals surface area contributed by atoms with Crippen molar-refractivity contribution in [3.8, 4) is 0 Å². The summed E-state index contributed by atoms with van der Waals surface area (Å²) in [6.45, 7) is 6.24. The fraction of sp³-hybridized carbons (Fsp3) is 0.500. The molecule has 0 aliphatic carbocycles. The Morgan fingerprint density at radius 3 is 2.36 bits per heavy atom. The molecule has 0 spiro atoms. The fourth-order valence-electron chi connectivity index (χ4n) is 0.303. The first kappa shape index (κ1) is 10.6. The Labute approximate surface area is 66.4 Å². The third-order valence-electron chi connectivity index (χ3n) is 0.951. The first-order valence-corrected chi connectivity index (χ1v) is 4.30. The van der Waals surface area contributed by atoms with Gasteiger partial charge in [0.2, 0.25) is 8.38 Å². The van der Waals surface area contributed by atoms with Gasteiger partial charge in [-0.2, -0.15) is 0 Å². The van der Waals surface area contributed by atoms with Crippen LogP contribution in [0.25, 0.3) is 0 Å². The molecular formula is C6H11O4P. The van der Waals surface area contributed by atoms with Crippen LogP contribution < -0.4 is 0 Å². The Morgan fingerprint density at radius 1 is 1.64 bits per heavy atom. The van der Waals surface area contributed by atoms with Crippen molar-refractivity contribution in [2.75, 3.05) is 0 Å². The maximum atomic E-state index is 10.7. The molecule has 0 heterocycles. The molecule has 0 bridgehead atoms. The van der Waals surface area contributed by atoms with Crippen LogP contribution in [0.1, 0.15) is 13.8 Å². The lowest BCUT2D eigenvalue weighted by atomic mass is 10.4. The topological polar surface area (TPSA) is 66.8 Å². The minimum atomic E-state index is -2.20. The SMILES string of the molecule is C=C(C)C(=O)OC(C)P(O)O. The maximum Gasteiger partial charge on any atom is 0.333 e. The molecule has 0 aromatic heterocycles. The van der Waals surface area contributed by atoms with E-state index in [1.54, 1.807) is 0 Å². The van der Waals surface area contributed by atoms with Crippen molar-refractivity contribution >= 4 is 14.3 Å². The molecule has 2 N–H and O–H groups in total. The van der Waals surface area contributed by atoms with Gasteiger partial charge in [-0.05, 0) is 13.8 Å². The summed E-state index contributed by atoms with van der Waals surface area (Å²) in [7, 11) is -2.20. The zero-order valence-corrected chi connectivity index (χ0v) is 7.34. The van der Waals surface area contributed by atoms with Gasteiger partial charge in [-0.3, -0.25) is 0 Å². The van der Waals surface area contributed by atoms with E-state index in [1.807, 2.05) is 0 Å². The van der Waals surface area contributed by atoms with Gasteiger partial charge in [-0.25, -0.2) is 4.79 Å². The summed E-state index contributed by atoms with van der Waals surface area (Å²) < 4.78 is 4.56. The minimum absolute atomic E-state index is 0.244. The lowest BCUT2D eigenvalue weighted by molar-refractivity contribution is -0.140. The van der Waals surface area contributed by atoms with E-state index >= 15 is 0 Å². The number of carbonyl (C=O) groups is 1. The first-order valence-electron chi connectivity index (χ1n) is 2.98. The highest BCUT2D eigenvalue weighted by atomic mass is 31.2. The Kier molecular flexibility index (Phi) is 4.26. The second kappa shape index (κ2) is 4.44. The van der Waals surface area contributed by atoms with Crippen LogP contribution in [-0.4, -0.2) is 21.6 Å². The van der Waals surface area contributed by atoms with Gasteiger partial charge in [-0.1, -0.05) is 6.58 Å². The number of ether oxygens (including phenoxy) is 1. The van der Waals surface area contributed by atoms with Crippen molar-refractivity contribution in [1.82, 2.24) is 0 Å². The second-order valence-corrected chi connectivity index (χ2v) is 3.47. The largest absolute Gasteiger partial charge is 0.450 e. The first-order chi connectivity index (χ1) is 4.95. The monoisotopic (exact) mass is 178 g/mol. The molecule has 1 atom stereocenters. The number of carbonyl (C=O) groups excluding carboxylic acids is 1. The summed E-state index contributed by atoms with van der Waals surface area (Å²) in [4.78, 5) is 27.9. The van der Waals surface area contributed by atoms with Gasteiger partial charge in [0, 0.05) is 5.57 Å². The third-order valence-corrected chi connectivity index (χ3v) is 1.71. The molecule has 11 heavy (non-hydrogen) atoms. The Balaban J connectivity index is 3.85. The van der Waals surface area contributed by atoms with E-state index in [4.69, 9.17) is 9.79 Å². The van der Waals surface area contributed by atoms with Crippen LogP contribution in [0, 0.1) is 0 Å². The Morgan fingerprint density at radius 2 is 2.09 bits per heavy atom. The van der Waals surface area contributed by atoms with E-state index in [1.165, 1.54) is 13.8 Å². The predicted molar refractivity (Wildman–Crippen MR) is 41.7 cm³/mol. The summed E-state index contributed by atoms with van der Waals surface area (Å²) in [5.41, 5.74) is 0.244. The summed E-state index contributed by atoms with van der Waals surface area (Å²) in [5.74, 6) is -1.46. The molecule has 0 aliphatic heterocycles. The van der Waals surface area contributed by atoms with Crippen LogP contribution in [0.2, 0.25) is 0 Å². The average molecular weight is 178 g/mol. The van der Waals surface area contributed by atoms with E-state index < -0.39 is 20.2 Å². The zero-order chi connectivity index (χ0) is 9.02. The van der Waals surface area contributed by atoms with Crippen LogP contribution in [-0.2, 0) is 9.53 Å². The lowest BCUT2D eigenvalue weighted by Crippen LogP contribution is -2.13. The van der Waals surface area contributed by atoms with Crippen LogP contribution >= 0.6 is 8.38 Å². The van der Waals surface area contributed by atoms with E-state index in [9.17, 15) is 4.79 Å². The smallest absolute Gasteiger partial charge is 0.333 e. The van der Waals surface area contributed by atoms with Crippen molar-refractivity contribution in [3.05, 3.63) is 12.2 Å². The summed E-state index contributed by atoms with van der Waals surface area (Å²) in [6.07, 6.45) is 0. The molecule has 0 radical (unpaired) electrons. The van der Waals surface area contributed by atoms with Gasteiger partial charge in [-0.15, -0.1) is 0 Å². The molecule has 5 heteroatoms. The molecule has 0 aliphatic rings. The Hall–Kier alpha value is -0.440. The number of hydrogen-bond donors (Lipinski definition) is 2. The Bertz CT molecular complexity index is 166. The zero-order valence-electron chi connectivity index (χ0n) is 6.44. The number of hydrogen-bond acceptors (Lipinski definition) is 4. The summed E-state index contributed by atoms with van der Waals surface area (Å²) >= 11 is 0. The highest BCUT2D eigenvalue weighted by molar-refractivity contribution is 7.45. The van der Waals surface area contributed by atoms with E-state index in [0.29, 0.717) is 0 Å².